The van der Waals surface area contributed by atoms with E-state index in [4.69, 9.17) is 23.7 Å². The van der Waals surface area contributed by atoms with E-state index in [0.717, 1.165) is 266 Å². The summed E-state index contributed by atoms with van der Waals surface area (Å²) in [6, 6.07) is 1.99. The second-order valence-electron chi connectivity index (χ2n) is 42.4. The molecule has 16 aliphatic rings. The molecular weight excluding hydrogens is 1790 g/mol. The fraction of sp³-hybridized carbons (Fsp3) is 0.921. The maximum Gasteiger partial charge on any atom is 0.422 e. The molecule has 16 heterocycles. The number of carbonyl (C=O) groups excluding carboxylic acids is 8. The Kier molecular flexibility index (Phi) is 48.5. The standard InChI is InChI=1S/C13H21F3N2O2.C13H22F2N2O.C13H23FN2O2.C13H23FN2O.C13H24N2O2.3C12H22N2O2/c1-17-7-4-10(5-8-17)11-3-2-6-18(11)12(19)20-9-13(14,15)16;1-3-12(18)17-9-13(14,15)8-11(17)10-4-6-16(2)7-5-10;1-15-8-4-11(5-9-15)12-3-2-7-16(12)13(17)18-10-6-14;1-3-13(17)16-9-11(14)8-12(16)10-4-6-15(2)7-5-10;1-3-17-13(16)15-8-4-5-12(15)11-6-9-14(2)10-7-11;3*1-13-8-5-10(6-9-13)11-4-3-7-14(11)12(15)16-2/h10-11H,2-9H2,1H3;10-11H,3-9H2,1-2H3;11-12H,2-10H2,1H3;10-12H,3-9H2,1-2H3;11-12H,3-10H2,1-2H3;3*10-11H,3-9H2,1-2H3/t2*11-;12-;11-,12-;;2*11-;/m0000.10./s1. The number of nitrogens with zero attached hydrogens (tertiary/aromatic N) is 16. The van der Waals surface area contributed by atoms with Crippen LogP contribution in [0.2, 0.25) is 0 Å². The van der Waals surface area contributed by atoms with E-state index in [1.807, 2.05) is 38.3 Å². The first-order valence-electron chi connectivity index (χ1n) is 53.1. The minimum Gasteiger partial charge on any atom is -0.453 e. The summed E-state index contributed by atoms with van der Waals surface area (Å²) < 4.78 is 118. The van der Waals surface area contributed by atoms with Crippen molar-refractivity contribution >= 4 is 48.4 Å². The molecule has 2 unspecified atom stereocenters. The summed E-state index contributed by atoms with van der Waals surface area (Å²) in [6.45, 7) is 26.0. The number of ether oxygens (including phenoxy) is 6. The highest BCUT2D eigenvalue weighted by Crippen LogP contribution is 2.42. The number of hydrogen-bond donors (Lipinski definition) is 0. The monoisotopic (exact) mass is 1970 g/mol. The molecule has 0 aliphatic carbocycles. The Morgan fingerprint density at radius 1 is 0.304 bits per heavy atom. The van der Waals surface area contributed by atoms with Crippen LogP contribution in [-0.4, -0.2) is 455 Å². The number of methoxy groups -OCH3 is 3. The van der Waals surface area contributed by atoms with E-state index >= 15 is 0 Å². The van der Waals surface area contributed by atoms with Crippen molar-refractivity contribution in [2.75, 3.05) is 261 Å². The molecule has 0 aromatic heterocycles. The first-order chi connectivity index (χ1) is 66.0. The summed E-state index contributed by atoms with van der Waals surface area (Å²) >= 11 is 0. The zero-order valence-corrected chi connectivity index (χ0v) is 86.8. The van der Waals surface area contributed by atoms with Crippen LogP contribution in [0.3, 0.4) is 0 Å². The summed E-state index contributed by atoms with van der Waals surface area (Å²) in [7, 11) is 21.5. The summed E-state index contributed by atoms with van der Waals surface area (Å²) in [4.78, 5) is 127. The molecule has 8 amide bonds. The van der Waals surface area contributed by atoms with Gasteiger partial charge in [0, 0.05) is 113 Å². The van der Waals surface area contributed by atoms with Crippen LogP contribution in [0, 0.1) is 47.3 Å². The number of carbonyl (C=O) groups is 8. The molecule has 0 radical (unpaired) electrons. The van der Waals surface area contributed by atoms with E-state index in [-0.39, 0.29) is 85.9 Å². The Balaban J connectivity index is 0.000000177. The van der Waals surface area contributed by atoms with Crippen LogP contribution in [0.15, 0.2) is 0 Å². The smallest absolute Gasteiger partial charge is 0.422 e. The highest BCUT2D eigenvalue weighted by Gasteiger charge is 2.51. The highest BCUT2D eigenvalue weighted by atomic mass is 19.4. The molecule has 0 aromatic rings. The Labute approximate surface area is 821 Å². The van der Waals surface area contributed by atoms with Crippen molar-refractivity contribution < 1.29 is 97.5 Å². The average Bonchev–Trinajstić information content (AvgIpc) is 1.64. The van der Waals surface area contributed by atoms with Gasteiger partial charge in [0.15, 0.2) is 6.61 Å². The third kappa shape index (κ3) is 35.3. The third-order valence-electron chi connectivity index (χ3n) is 33.0. The van der Waals surface area contributed by atoms with Crippen molar-refractivity contribution in [2.24, 2.45) is 47.3 Å². The fourth-order valence-corrected chi connectivity index (χ4v) is 24.8. The maximum absolute atomic E-state index is 13.6. The van der Waals surface area contributed by atoms with Crippen molar-refractivity contribution in [3.8, 4) is 0 Å². The van der Waals surface area contributed by atoms with Gasteiger partial charge in [-0.15, -0.1) is 0 Å². The van der Waals surface area contributed by atoms with Gasteiger partial charge in [-0.25, -0.2) is 46.3 Å². The molecule has 16 rings (SSSR count). The summed E-state index contributed by atoms with van der Waals surface area (Å²) in [5.41, 5.74) is 0. The molecule has 9 atom stereocenters. The molecule has 16 saturated heterocycles. The van der Waals surface area contributed by atoms with Crippen molar-refractivity contribution in [3.05, 3.63) is 0 Å². The molecule has 16 aliphatic heterocycles. The number of rotatable bonds is 14. The Morgan fingerprint density at radius 2 is 0.536 bits per heavy atom. The van der Waals surface area contributed by atoms with Gasteiger partial charge in [0.2, 0.25) is 11.8 Å². The summed E-state index contributed by atoms with van der Waals surface area (Å²) in [6.07, 6.45) is 25.3. The van der Waals surface area contributed by atoms with Gasteiger partial charge >= 0.3 is 42.7 Å². The van der Waals surface area contributed by atoms with Gasteiger partial charge in [-0.1, -0.05) is 13.8 Å². The Bertz CT molecular complexity index is 3450. The van der Waals surface area contributed by atoms with Gasteiger partial charge < -0.3 is 107 Å². The quantitative estimate of drug-likeness (QED) is 0.116. The number of halogens is 7. The largest absolute Gasteiger partial charge is 0.453 e. The lowest BCUT2D eigenvalue weighted by Crippen LogP contribution is -2.44. The van der Waals surface area contributed by atoms with Crippen LogP contribution in [-0.2, 0) is 38.0 Å². The SMILES string of the molecule is CCC(=O)N1CC(F)(F)C[C@H]1C1CCN(C)CC1.CCC(=O)N1C[C@@H](F)C[C@H]1C1CCN(C)CC1.CCOC(=O)N1CCCC1C1CCN(C)CC1.CN1CCC([C@@H]2CCCN2C(=O)OCC(F)(F)F)CC1.CN1CCC([C@@H]2CCCN2C(=O)OCCF)CC1.COC(=O)N1CCCC1C1CCN(C)CC1.COC(=O)N1CCC[C@@H]1C1CCN(C)CC1.COC(=O)N1CCC[C@H]1C1CCN(C)CC1. The van der Waals surface area contributed by atoms with Gasteiger partial charge in [-0.3, -0.25) is 9.59 Å². The minimum atomic E-state index is -4.46. The minimum absolute atomic E-state index is 0.0458. The maximum atomic E-state index is 13.6. The van der Waals surface area contributed by atoms with Crippen LogP contribution in [0.5, 0.6) is 0 Å². The molecule has 0 aromatic carbocycles. The van der Waals surface area contributed by atoms with Crippen LogP contribution in [0.4, 0.5) is 59.5 Å². The predicted octanol–water partition coefficient (Wildman–Crippen LogP) is 14.7. The van der Waals surface area contributed by atoms with E-state index in [0.29, 0.717) is 111 Å². The normalized spacial score (nSPS) is 28.3. The third-order valence-corrected chi connectivity index (χ3v) is 33.0. The lowest BCUT2D eigenvalue weighted by Gasteiger charge is -2.36. The van der Waals surface area contributed by atoms with Gasteiger partial charge in [0.1, 0.15) is 19.5 Å². The molecular formula is C101H179F7N16O14. The first-order valence-corrected chi connectivity index (χ1v) is 53.1. The zero-order valence-electron chi connectivity index (χ0n) is 86.8. The second kappa shape index (κ2) is 58.0. The average molecular weight is 1970 g/mol. The van der Waals surface area contributed by atoms with Gasteiger partial charge in [-0.05, 0) is 395 Å². The molecule has 37 heteroatoms. The van der Waals surface area contributed by atoms with Crippen molar-refractivity contribution in [3.63, 3.8) is 0 Å². The van der Waals surface area contributed by atoms with E-state index < -0.39 is 37.6 Å². The fourth-order valence-electron chi connectivity index (χ4n) is 24.8. The second-order valence-corrected chi connectivity index (χ2v) is 42.4. The molecule has 0 bridgehead atoms. The zero-order chi connectivity index (χ0) is 100. The lowest BCUT2D eigenvalue weighted by molar-refractivity contribution is -0.162. The van der Waals surface area contributed by atoms with Crippen molar-refractivity contribution in [1.82, 2.24) is 78.4 Å². The summed E-state index contributed by atoms with van der Waals surface area (Å²) in [5.74, 6) is 1.72. The van der Waals surface area contributed by atoms with Crippen molar-refractivity contribution in [1.29, 1.82) is 0 Å². The number of hydrogen-bond acceptors (Lipinski definition) is 22. The number of likely N-dealkylation sites (tertiary alicyclic amines) is 16. The first kappa shape index (κ1) is 115. The van der Waals surface area contributed by atoms with Crippen LogP contribution in [0.1, 0.15) is 226 Å². The van der Waals surface area contributed by atoms with E-state index in [2.05, 4.69) is 100 Å². The molecule has 138 heavy (non-hydrogen) atoms. The van der Waals surface area contributed by atoms with Gasteiger partial charge in [0.25, 0.3) is 5.92 Å². The molecule has 16 fully saturated rings. The Morgan fingerprint density at radius 3 is 0.775 bits per heavy atom. The number of amides is 8. The van der Waals surface area contributed by atoms with Gasteiger partial charge in [-0.2, -0.15) is 13.2 Å². The molecule has 0 N–H and O–H groups in total. The molecule has 0 spiro atoms. The molecule has 30 nitrogen and oxygen atoms in total. The van der Waals surface area contributed by atoms with Crippen LogP contribution < -0.4 is 0 Å². The predicted molar refractivity (Wildman–Crippen MR) is 520 cm³/mol. The number of alkyl halides is 7. The molecule has 0 saturated carbocycles. The lowest BCUT2D eigenvalue weighted by atomic mass is 9.87. The van der Waals surface area contributed by atoms with Crippen LogP contribution in [0.25, 0.3) is 0 Å². The topological polar surface area (TPSA) is 244 Å². The van der Waals surface area contributed by atoms with Crippen LogP contribution >= 0.6 is 0 Å². The summed E-state index contributed by atoms with van der Waals surface area (Å²) in [5, 5.41) is 0. The van der Waals surface area contributed by atoms with E-state index in [1.54, 1.807) is 11.8 Å². The van der Waals surface area contributed by atoms with Crippen molar-refractivity contribution in [2.45, 2.75) is 293 Å². The highest BCUT2D eigenvalue weighted by molar-refractivity contribution is 5.77. The number of piperidine rings is 8. The molecule has 796 valence electrons. The van der Waals surface area contributed by atoms with Gasteiger partial charge in [0.05, 0.1) is 41.0 Å². The Hall–Kier alpha value is -6.25. The van der Waals surface area contributed by atoms with E-state index in [9.17, 15) is 69.1 Å². The van der Waals surface area contributed by atoms with E-state index in [1.165, 1.54) is 82.5 Å².